The minimum absolute atomic E-state index is 0.0652. The second-order valence-electron chi connectivity index (χ2n) is 10.3. The predicted octanol–water partition coefficient (Wildman–Crippen LogP) is 4.17. The molecular formula is C32H39N3O6S. The fourth-order valence-corrected chi connectivity index (χ4v) is 5.85. The Bertz CT molecular complexity index is 1430. The van der Waals surface area contributed by atoms with E-state index < -0.39 is 16.1 Å². The smallest absolute Gasteiger partial charge is 0.243 e. The van der Waals surface area contributed by atoms with Gasteiger partial charge in [-0.15, -0.1) is 0 Å². The van der Waals surface area contributed by atoms with Gasteiger partial charge in [0, 0.05) is 38.5 Å². The highest BCUT2D eigenvalue weighted by Gasteiger charge is 2.30. The zero-order valence-electron chi connectivity index (χ0n) is 24.2. The van der Waals surface area contributed by atoms with E-state index in [1.807, 2.05) is 67.6 Å². The van der Waals surface area contributed by atoms with Crippen LogP contribution in [-0.4, -0.2) is 63.7 Å². The molecule has 3 aromatic carbocycles. The number of ether oxygens (including phenoxy) is 2. The Kier molecular flexibility index (Phi) is 10.8. The van der Waals surface area contributed by atoms with Crippen LogP contribution in [0.5, 0.6) is 11.5 Å². The molecule has 0 unspecified atom stereocenters. The molecule has 2 amide bonds. The van der Waals surface area contributed by atoms with Gasteiger partial charge < -0.3 is 19.7 Å². The van der Waals surface area contributed by atoms with E-state index >= 15 is 0 Å². The fraction of sp³-hybridized carbons (Fsp3) is 0.375. The van der Waals surface area contributed by atoms with Gasteiger partial charge in [0.1, 0.15) is 19.3 Å². The van der Waals surface area contributed by atoms with Gasteiger partial charge >= 0.3 is 0 Å². The lowest BCUT2D eigenvalue weighted by Gasteiger charge is -2.32. The number of hydrogen-bond donors (Lipinski definition) is 1. The van der Waals surface area contributed by atoms with Crippen LogP contribution in [0.4, 0.5) is 5.69 Å². The van der Waals surface area contributed by atoms with Crippen molar-refractivity contribution < 1.29 is 27.5 Å². The average molecular weight is 594 g/mol. The lowest BCUT2D eigenvalue weighted by molar-refractivity contribution is -0.141. The molecule has 0 saturated carbocycles. The number of carbonyl (C=O) groups excluding carboxylic acids is 2. The summed E-state index contributed by atoms with van der Waals surface area (Å²) in [6.45, 7) is 3.66. The maximum Gasteiger partial charge on any atom is 0.243 e. The number of hydrogen-bond acceptors (Lipinski definition) is 6. The van der Waals surface area contributed by atoms with E-state index in [1.54, 1.807) is 23.1 Å². The highest BCUT2D eigenvalue weighted by molar-refractivity contribution is 7.92. The van der Waals surface area contributed by atoms with Crippen molar-refractivity contribution in [3.05, 3.63) is 90.0 Å². The van der Waals surface area contributed by atoms with Gasteiger partial charge in [-0.05, 0) is 36.1 Å². The molecule has 0 aliphatic carbocycles. The van der Waals surface area contributed by atoms with Gasteiger partial charge in [0.15, 0.2) is 11.5 Å². The molecule has 0 aromatic heterocycles. The topological polar surface area (TPSA) is 105 Å². The third-order valence-electron chi connectivity index (χ3n) is 6.98. The molecule has 1 heterocycles. The Morgan fingerprint density at radius 2 is 1.55 bits per heavy atom. The SMILES string of the molecule is CCCNC(=O)[C@@H](Cc1ccccc1)N(Cc1ccccc1)C(=O)CCCN(c1ccc2c(c1)OCCO2)S(C)(=O)=O. The van der Waals surface area contributed by atoms with Crippen LogP contribution in [0.3, 0.4) is 0 Å². The number of carbonyl (C=O) groups is 2. The first-order chi connectivity index (χ1) is 20.3. The molecule has 224 valence electrons. The summed E-state index contributed by atoms with van der Waals surface area (Å²) in [5.74, 6) is 0.622. The predicted molar refractivity (Wildman–Crippen MR) is 163 cm³/mol. The van der Waals surface area contributed by atoms with Gasteiger partial charge in [-0.1, -0.05) is 67.6 Å². The first kappa shape index (κ1) is 30.9. The summed E-state index contributed by atoms with van der Waals surface area (Å²) in [6.07, 6.45) is 2.61. The molecule has 0 bridgehead atoms. The van der Waals surface area contributed by atoms with Gasteiger partial charge in [0.05, 0.1) is 11.9 Å². The number of fused-ring (bicyclic) bond motifs is 1. The summed E-state index contributed by atoms with van der Waals surface area (Å²) in [4.78, 5) is 28.9. The van der Waals surface area contributed by atoms with Crippen molar-refractivity contribution in [2.24, 2.45) is 0 Å². The number of amides is 2. The minimum atomic E-state index is -3.64. The average Bonchev–Trinajstić information content (AvgIpc) is 3.00. The van der Waals surface area contributed by atoms with Crippen molar-refractivity contribution in [1.29, 1.82) is 0 Å². The zero-order chi connectivity index (χ0) is 30.0. The van der Waals surface area contributed by atoms with E-state index in [9.17, 15) is 18.0 Å². The molecule has 42 heavy (non-hydrogen) atoms. The van der Waals surface area contributed by atoms with Crippen molar-refractivity contribution >= 4 is 27.5 Å². The van der Waals surface area contributed by atoms with E-state index in [-0.39, 0.29) is 37.7 Å². The highest BCUT2D eigenvalue weighted by Crippen LogP contribution is 2.34. The van der Waals surface area contributed by atoms with Gasteiger partial charge in [-0.3, -0.25) is 13.9 Å². The lowest BCUT2D eigenvalue weighted by Crippen LogP contribution is -2.50. The molecule has 0 saturated heterocycles. The molecule has 3 aromatic rings. The second-order valence-corrected chi connectivity index (χ2v) is 12.2. The third kappa shape index (κ3) is 8.48. The molecule has 1 N–H and O–H groups in total. The van der Waals surface area contributed by atoms with E-state index in [4.69, 9.17) is 9.47 Å². The van der Waals surface area contributed by atoms with Crippen LogP contribution in [0.2, 0.25) is 0 Å². The minimum Gasteiger partial charge on any atom is -0.486 e. The number of nitrogens with zero attached hydrogens (tertiary/aromatic N) is 2. The summed E-state index contributed by atoms with van der Waals surface area (Å²) >= 11 is 0. The standard InChI is InChI=1S/C32H39N3O6S/c1-3-18-33-32(37)28(22-25-11-6-4-7-12-25)34(24-26-13-8-5-9-14-26)31(36)15-10-19-35(42(2,38)39)27-16-17-29-30(23-27)41-21-20-40-29/h4-9,11-14,16-17,23,28H,3,10,15,18-22,24H2,1-2H3,(H,33,37)/t28-/m1/s1. The maximum absolute atomic E-state index is 13.9. The molecule has 0 spiro atoms. The highest BCUT2D eigenvalue weighted by atomic mass is 32.2. The molecule has 1 aliphatic rings. The monoisotopic (exact) mass is 593 g/mol. The van der Waals surface area contributed by atoms with Gasteiger partial charge in [0.2, 0.25) is 21.8 Å². The molecule has 4 rings (SSSR count). The largest absolute Gasteiger partial charge is 0.486 e. The van der Waals surface area contributed by atoms with Crippen LogP contribution in [0.1, 0.15) is 37.3 Å². The Morgan fingerprint density at radius 1 is 0.905 bits per heavy atom. The first-order valence-corrected chi connectivity index (χ1v) is 16.1. The normalized spacial score (nSPS) is 13.2. The van der Waals surface area contributed by atoms with Gasteiger partial charge in [0.25, 0.3) is 0 Å². The number of nitrogens with one attached hydrogen (secondary N) is 1. The Balaban J connectivity index is 1.55. The van der Waals surface area contributed by atoms with E-state index in [1.165, 1.54) is 4.31 Å². The quantitative estimate of drug-likeness (QED) is 0.301. The first-order valence-electron chi connectivity index (χ1n) is 14.3. The van der Waals surface area contributed by atoms with E-state index in [0.29, 0.717) is 43.4 Å². The Labute approximate surface area is 248 Å². The van der Waals surface area contributed by atoms with E-state index in [2.05, 4.69) is 5.32 Å². The van der Waals surface area contributed by atoms with Crippen LogP contribution in [0.25, 0.3) is 0 Å². The second kappa shape index (κ2) is 14.7. The summed E-state index contributed by atoms with van der Waals surface area (Å²) in [6, 6.07) is 23.5. The van der Waals surface area contributed by atoms with E-state index in [0.717, 1.165) is 23.8 Å². The molecule has 1 atom stereocenters. The number of benzene rings is 3. The van der Waals surface area contributed by atoms with Crippen molar-refractivity contribution in [3.8, 4) is 11.5 Å². The van der Waals surface area contributed by atoms with Gasteiger partial charge in [-0.2, -0.15) is 0 Å². The van der Waals surface area contributed by atoms with Crippen LogP contribution in [0, 0.1) is 0 Å². The number of rotatable bonds is 14. The van der Waals surface area contributed by atoms with Crippen molar-refractivity contribution in [3.63, 3.8) is 0 Å². The number of sulfonamides is 1. The summed E-state index contributed by atoms with van der Waals surface area (Å²) in [7, 11) is -3.64. The van der Waals surface area contributed by atoms with Gasteiger partial charge in [-0.25, -0.2) is 8.42 Å². The maximum atomic E-state index is 13.9. The summed E-state index contributed by atoms with van der Waals surface area (Å²) in [5.41, 5.74) is 2.29. The van der Waals surface area contributed by atoms with Crippen LogP contribution in [0.15, 0.2) is 78.9 Å². The van der Waals surface area contributed by atoms with Crippen molar-refractivity contribution in [1.82, 2.24) is 10.2 Å². The summed E-state index contributed by atoms with van der Waals surface area (Å²) < 4.78 is 38.0. The fourth-order valence-electron chi connectivity index (χ4n) is 4.89. The molecule has 0 fully saturated rings. The van der Waals surface area contributed by atoms with Crippen LogP contribution >= 0.6 is 0 Å². The zero-order valence-corrected chi connectivity index (χ0v) is 25.0. The Hall–Kier alpha value is -4.05. The molecule has 1 aliphatic heterocycles. The van der Waals surface area contributed by atoms with Crippen molar-refractivity contribution in [2.75, 3.05) is 36.9 Å². The number of anilines is 1. The molecule has 9 nitrogen and oxygen atoms in total. The lowest BCUT2D eigenvalue weighted by atomic mass is 10.0. The van der Waals surface area contributed by atoms with Crippen LogP contribution in [-0.2, 0) is 32.6 Å². The summed E-state index contributed by atoms with van der Waals surface area (Å²) in [5, 5.41) is 2.97. The molecule has 10 heteroatoms. The molecule has 0 radical (unpaired) electrons. The Morgan fingerprint density at radius 3 is 2.19 bits per heavy atom. The third-order valence-corrected chi connectivity index (χ3v) is 8.18. The van der Waals surface area contributed by atoms with Crippen LogP contribution < -0.4 is 19.1 Å². The molecular weight excluding hydrogens is 554 g/mol. The van der Waals surface area contributed by atoms with Crippen molar-refractivity contribution in [2.45, 2.75) is 45.2 Å².